The summed E-state index contributed by atoms with van der Waals surface area (Å²) in [5.41, 5.74) is 1.45. The molecular formula is C21H13Cl2FN2OS. The number of nitrogens with zero attached hydrogens (tertiary/aromatic N) is 2. The van der Waals surface area contributed by atoms with Gasteiger partial charge in [0.2, 0.25) is 0 Å². The lowest BCUT2D eigenvalue weighted by molar-refractivity contribution is 0.617. The number of fused-ring (bicyclic) bond motifs is 1. The van der Waals surface area contributed by atoms with Gasteiger partial charge in [0.05, 0.1) is 26.6 Å². The fourth-order valence-electron chi connectivity index (χ4n) is 2.82. The molecule has 1 heterocycles. The Morgan fingerprint density at radius 1 is 0.964 bits per heavy atom. The Morgan fingerprint density at radius 2 is 1.71 bits per heavy atom. The zero-order valence-corrected chi connectivity index (χ0v) is 16.7. The van der Waals surface area contributed by atoms with Gasteiger partial charge in [0.25, 0.3) is 5.56 Å². The molecule has 3 nitrogen and oxygen atoms in total. The number of para-hydroxylation sites is 1. The summed E-state index contributed by atoms with van der Waals surface area (Å²) in [6, 6.07) is 18.6. The van der Waals surface area contributed by atoms with Crippen LogP contribution in [0.2, 0.25) is 10.0 Å². The van der Waals surface area contributed by atoms with Gasteiger partial charge in [0.1, 0.15) is 5.82 Å². The molecule has 140 valence electrons. The second-order valence-corrected chi connectivity index (χ2v) is 7.79. The predicted octanol–water partition coefficient (Wildman–Crippen LogP) is 6.12. The Kier molecular flexibility index (Phi) is 5.40. The molecule has 0 bridgehead atoms. The third-order valence-electron chi connectivity index (χ3n) is 4.22. The number of thioether (sulfide) groups is 1. The fourth-order valence-corrected chi connectivity index (χ4v) is 4.11. The number of rotatable bonds is 4. The SMILES string of the molecule is O=c1c2ccccc2nc(SCc2ccccc2F)n1-c1ccc(Cl)c(Cl)c1. The molecule has 4 aromatic rings. The second-order valence-electron chi connectivity index (χ2n) is 6.03. The Hall–Kier alpha value is -2.34. The molecular weight excluding hydrogens is 418 g/mol. The Balaban J connectivity index is 1.87. The lowest BCUT2D eigenvalue weighted by atomic mass is 10.2. The lowest BCUT2D eigenvalue weighted by Gasteiger charge is -2.14. The maximum absolute atomic E-state index is 14.0. The van der Waals surface area contributed by atoms with Crippen LogP contribution in [0.15, 0.2) is 76.7 Å². The van der Waals surface area contributed by atoms with Crippen LogP contribution in [0.5, 0.6) is 0 Å². The summed E-state index contributed by atoms with van der Waals surface area (Å²) >= 11 is 13.5. The van der Waals surface area contributed by atoms with E-state index >= 15 is 0 Å². The van der Waals surface area contributed by atoms with Gasteiger partial charge >= 0.3 is 0 Å². The number of aromatic nitrogens is 2. The highest BCUT2D eigenvalue weighted by molar-refractivity contribution is 7.98. The molecule has 0 spiro atoms. The first kappa shape index (κ1) is 19.0. The normalized spacial score (nSPS) is 11.1. The molecule has 0 amide bonds. The predicted molar refractivity (Wildman–Crippen MR) is 113 cm³/mol. The summed E-state index contributed by atoms with van der Waals surface area (Å²) in [6.07, 6.45) is 0. The van der Waals surface area contributed by atoms with Crippen LogP contribution in [0, 0.1) is 5.82 Å². The fraction of sp³-hybridized carbons (Fsp3) is 0.0476. The van der Waals surface area contributed by atoms with Crippen molar-refractivity contribution in [2.45, 2.75) is 10.9 Å². The van der Waals surface area contributed by atoms with E-state index in [0.717, 1.165) is 0 Å². The molecule has 0 aliphatic heterocycles. The van der Waals surface area contributed by atoms with Crippen LogP contribution < -0.4 is 5.56 Å². The maximum Gasteiger partial charge on any atom is 0.266 e. The third kappa shape index (κ3) is 3.65. The van der Waals surface area contributed by atoms with Crippen molar-refractivity contribution in [3.63, 3.8) is 0 Å². The minimum absolute atomic E-state index is 0.222. The highest BCUT2D eigenvalue weighted by Crippen LogP contribution is 2.28. The molecule has 0 atom stereocenters. The number of hydrogen-bond donors (Lipinski definition) is 0. The van der Waals surface area contributed by atoms with E-state index in [1.54, 1.807) is 54.6 Å². The molecule has 0 saturated heterocycles. The smallest absolute Gasteiger partial charge is 0.266 e. The molecule has 4 rings (SSSR count). The number of hydrogen-bond acceptors (Lipinski definition) is 3. The molecule has 28 heavy (non-hydrogen) atoms. The van der Waals surface area contributed by atoms with E-state index in [2.05, 4.69) is 4.98 Å². The molecule has 0 unspecified atom stereocenters. The molecule has 0 fully saturated rings. The van der Waals surface area contributed by atoms with Gasteiger partial charge in [-0.25, -0.2) is 9.37 Å². The Bertz CT molecular complexity index is 1240. The second kappa shape index (κ2) is 7.95. The molecule has 0 aliphatic carbocycles. The molecule has 0 N–H and O–H groups in total. The zero-order chi connectivity index (χ0) is 19.7. The zero-order valence-electron chi connectivity index (χ0n) is 14.4. The summed E-state index contributed by atoms with van der Waals surface area (Å²) in [5, 5.41) is 1.67. The van der Waals surface area contributed by atoms with Crippen molar-refractivity contribution in [3.8, 4) is 5.69 Å². The van der Waals surface area contributed by atoms with Crippen LogP contribution in [-0.2, 0) is 5.75 Å². The van der Waals surface area contributed by atoms with E-state index in [9.17, 15) is 9.18 Å². The largest absolute Gasteiger partial charge is 0.268 e. The van der Waals surface area contributed by atoms with Crippen LogP contribution >= 0.6 is 35.0 Å². The van der Waals surface area contributed by atoms with Gasteiger partial charge in [-0.15, -0.1) is 0 Å². The van der Waals surface area contributed by atoms with Gasteiger partial charge < -0.3 is 0 Å². The first-order valence-electron chi connectivity index (χ1n) is 8.38. The van der Waals surface area contributed by atoms with E-state index in [4.69, 9.17) is 23.2 Å². The van der Waals surface area contributed by atoms with E-state index in [1.165, 1.54) is 22.4 Å². The first-order chi connectivity index (χ1) is 13.5. The van der Waals surface area contributed by atoms with Crippen molar-refractivity contribution in [1.29, 1.82) is 0 Å². The topological polar surface area (TPSA) is 34.9 Å². The minimum Gasteiger partial charge on any atom is -0.268 e. The molecule has 0 aliphatic rings. The highest BCUT2D eigenvalue weighted by Gasteiger charge is 2.15. The standard InChI is InChI=1S/C21H13Cl2FN2OS/c22-16-10-9-14(11-17(16)23)26-20(27)15-6-2-4-8-19(15)25-21(26)28-12-13-5-1-3-7-18(13)24/h1-11H,12H2. The molecule has 7 heteroatoms. The quantitative estimate of drug-likeness (QED) is 0.288. The minimum atomic E-state index is -0.292. The van der Waals surface area contributed by atoms with Crippen LogP contribution in [0.4, 0.5) is 4.39 Å². The molecule has 0 radical (unpaired) electrons. The highest BCUT2D eigenvalue weighted by atomic mass is 35.5. The summed E-state index contributed by atoms with van der Waals surface area (Å²) in [7, 11) is 0. The van der Waals surface area contributed by atoms with Gasteiger partial charge in [-0.2, -0.15) is 0 Å². The molecule has 0 saturated carbocycles. The van der Waals surface area contributed by atoms with Crippen molar-refractivity contribution in [1.82, 2.24) is 9.55 Å². The molecule has 3 aromatic carbocycles. The lowest BCUT2D eigenvalue weighted by Crippen LogP contribution is -2.21. The third-order valence-corrected chi connectivity index (χ3v) is 5.95. The summed E-state index contributed by atoms with van der Waals surface area (Å²) in [4.78, 5) is 17.8. The van der Waals surface area contributed by atoms with Crippen LogP contribution in [0.25, 0.3) is 16.6 Å². The molecule has 1 aromatic heterocycles. The van der Waals surface area contributed by atoms with Gasteiger partial charge in [-0.05, 0) is 42.0 Å². The van der Waals surface area contributed by atoms with E-state index in [0.29, 0.717) is 43.1 Å². The number of halogens is 3. The van der Waals surface area contributed by atoms with E-state index < -0.39 is 0 Å². The average Bonchev–Trinajstić information content (AvgIpc) is 2.70. The van der Waals surface area contributed by atoms with Crippen molar-refractivity contribution < 1.29 is 4.39 Å². The van der Waals surface area contributed by atoms with Crippen molar-refractivity contribution in [2.75, 3.05) is 0 Å². The van der Waals surface area contributed by atoms with Gasteiger partial charge in [-0.1, -0.05) is 65.3 Å². The van der Waals surface area contributed by atoms with Crippen LogP contribution in [-0.4, -0.2) is 9.55 Å². The first-order valence-corrected chi connectivity index (χ1v) is 10.1. The summed E-state index contributed by atoms with van der Waals surface area (Å²) in [6.45, 7) is 0. The Labute approximate surface area is 174 Å². The summed E-state index contributed by atoms with van der Waals surface area (Å²) < 4.78 is 15.5. The number of benzene rings is 3. The van der Waals surface area contributed by atoms with E-state index in [1.807, 2.05) is 6.07 Å². The van der Waals surface area contributed by atoms with Gasteiger partial charge in [-0.3, -0.25) is 9.36 Å². The van der Waals surface area contributed by atoms with Crippen molar-refractivity contribution >= 4 is 45.9 Å². The van der Waals surface area contributed by atoms with Crippen LogP contribution in [0.1, 0.15) is 5.56 Å². The van der Waals surface area contributed by atoms with Gasteiger partial charge in [0.15, 0.2) is 5.16 Å². The van der Waals surface area contributed by atoms with Crippen molar-refractivity contribution in [2.24, 2.45) is 0 Å². The maximum atomic E-state index is 14.0. The summed E-state index contributed by atoms with van der Waals surface area (Å²) in [5.74, 6) is 0.0397. The van der Waals surface area contributed by atoms with E-state index in [-0.39, 0.29) is 11.4 Å². The Morgan fingerprint density at radius 3 is 2.50 bits per heavy atom. The van der Waals surface area contributed by atoms with Gasteiger partial charge in [0, 0.05) is 5.75 Å². The average molecular weight is 431 g/mol. The van der Waals surface area contributed by atoms with Crippen molar-refractivity contribution in [3.05, 3.63) is 98.5 Å². The monoisotopic (exact) mass is 430 g/mol. The van der Waals surface area contributed by atoms with Crippen LogP contribution in [0.3, 0.4) is 0 Å².